The van der Waals surface area contributed by atoms with Crippen LogP contribution >= 0.6 is 11.6 Å². The van der Waals surface area contributed by atoms with E-state index in [9.17, 15) is 19.6 Å². The van der Waals surface area contributed by atoms with Crippen LogP contribution in [0.1, 0.15) is 11.1 Å². The summed E-state index contributed by atoms with van der Waals surface area (Å²) in [5.74, 6) is -0.140. The first-order valence-electron chi connectivity index (χ1n) is 5.96. The minimum atomic E-state index is -0.556. The standard InChI is InChI=1S/C14H11ClFNO4/c15-13-6-11(16)2-1-9(13)8-21-14-4-3-12(17(19)20)5-10(14)7-18/h1-6,18H,7-8H2. The molecule has 0 heterocycles. The van der Waals surface area contributed by atoms with E-state index in [4.69, 9.17) is 16.3 Å². The SMILES string of the molecule is O=[N+]([O-])c1ccc(OCc2ccc(F)cc2Cl)c(CO)c1. The molecule has 0 fully saturated rings. The Balaban J connectivity index is 2.17. The molecular weight excluding hydrogens is 301 g/mol. The van der Waals surface area contributed by atoms with E-state index >= 15 is 0 Å². The number of non-ortho nitro benzene ring substituents is 1. The van der Waals surface area contributed by atoms with E-state index < -0.39 is 17.3 Å². The molecule has 7 heteroatoms. The van der Waals surface area contributed by atoms with Crippen LogP contribution in [0.25, 0.3) is 0 Å². The number of benzene rings is 2. The van der Waals surface area contributed by atoms with Crippen LogP contribution in [0.4, 0.5) is 10.1 Å². The smallest absolute Gasteiger partial charge is 0.270 e. The lowest BCUT2D eigenvalue weighted by atomic mass is 10.2. The molecule has 2 rings (SSSR count). The molecule has 1 N–H and O–H groups in total. The van der Waals surface area contributed by atoms with Gasteiger partial charge in [-0.3, -0.25) is 10.1 Å². The van der Waals surface area contributed by atoms with E-state index in [1.54, 1.807) is 0 Å². The Labute approximate surface area is 124 Å². The second-order valence-electron chi connectivity index (χ2n) is 4.23. The van der Waals surface area contributed by atoms with Gasteiger partial charge >= 0.3 is 0 Å². The summed E-state index contributed by atoms with van der Waals surface area (Å²) in [5, 5.41) is 20.1. The van der Waals surface area contributed by atoms with Crippen LogP contribution in [0.5, 0.6) is 5.75 Å². The molecule has 0 bridgehead atoms. The van der Waals surface area contributed by atoms with E-state index in [2.05, 4.69) is 0 Å². The third-order valence-electron chi connectivity index (χ3n) is 2.82. The molecule has 2 aromatic rings. The van der Waals surface area contributed by atoms with Crippen molar-refractivity contribution >= 4 is 17.3 Å². The topological polar surface area (TPSA) is 72.6 Å². The highest BCUT2D eigenvalue weighted by molar-refractivity contribution is 6.31. The number of nitro groups is 1. The van der Waals surface area contributed by atoms with Crippen molar-refractivity contribution in [3.63, 3.8) is 0 Å². The van der Waals surface area contributed by atoms with E-state index in [1.807, 2.05) is 0 Å². The number of ether oxygens (including phenoxy) is 1. The van der Waals surface area contributed by atoms with Crippen LogP contribution in [-0.4, -0.2) is 10.0 Å². The molecule has 0 aliphatic heterocycles. The van der Waals surface area contributed by atoms with Gasteiger partial charge in [0.2, 0.25) is 0 Å². The van der Waals surface area contributed by atoms with Gasteiger partial charge < -0.3 is 9.84 Å². The number of aliphatic hydroxyl groups excluding tert-OH is 1. The van der Waals surface area contributed by atoms with Crippen LogP contribution in [0, 0.1) is 15.9 Å². The minimum Gasteiger partial charge on any atom is -0.488 e. The average Bonchev–Trinajstić information content (AvgIpc) is 2.46. The van der Waals surface area contributed by atoms with Gasteiger partial charge in [0.15, 0.2) is 0 Å². The summed E-state index contributed by atoms with van der Waals surface area (Å²) >= 11 is 5.88. The maximum Gasteiger partial charge on any atom is 0.270 e. The molecule has 110 valence electrons. The van der Waals surface area contributed by atoms with Crippen molar-refractivity contribution in [2.45, 2.75) is 13.2 Å². The molecule has 5 nitrogen and oxygen atoms in total. The Kier molecular flexibility index (Phi) is 4.72. The fraction of sp³-hybridized carbons (Fsp3) is 0.143. The molecule has 0 amide bonds. The highest BCUT2D eigenvalue weighted by Gasteiger charge is 2.12. The van der Waals surface area contributed by atoms with Crippen LogP contribution in [0.2, 0.25) is 5.02 Å². The normalized spacial score (nSPS) is 10.4. The molecule has 21 heavy (non-hydrogen) atoms. The number of nitrogens with zero attached hydrogens (tertiary/aromatic N) is 1. The Morgan fingerprint density at radius 1 is 1.24 bits per heavy atom. The zero-order valence-corrected chi connectivity index (χ0v) is 11.5. The van der Waals surface area contributed by atoms with Gasteiger partial charge in [-0.25, -0.2) is 4.39 Å². The third-order valence-corrected chi connectivity index (χ3v) is 3.18. The van der Waals surface area contributed by atoms with Crippen LogP contribution in [-0.2, 0) is 13.2 Å². The maximum absolute atomic E-state index is 12.9. The molecule has 0 saturated carbocycles. The van der Waals surface area contributed by atoms with E-state index in [1.165, 1.54) is 36.4 Å². The predicted octanol–water partition coefficient (Wildman–Crippen LogP) is 3.46. The van der Waals surface area contributed by atoms with Crippen LogP contribution < -0.4 is 4.74 Å². The van der Waals surface area contributed by atoms with Crippen molar-refractivity contribution in [1.29, 1.82) is 0 Å². The Bertz CT molecular complexity index is 678. The highest BCUT2D eigenvalue weighted by atomic mass is 35.5. The molecule has 0 aliphatic rings. The first-order valence-corrected chi connectivity index (χ1v) is 6.34. The van der Waals surface area contributed by atoms with Gasteiger partial charge in [0.1, 0.15) is 18.2 Å². The van der Waals surface area contributed by atoms with Crippen molar-refractivity contribution in [1.82, 2.24) is 0 Å². The van der Waals surface area contributed by atoms with Gasteiger partial charge in [-0.2, -0.15) is 0 Å². The Hall–Kier alpha value is -2.18. The van der Waals surface area contributed by atoms with E-state index in [-0.39, 0.29) is 17.3 Å². The molecule has 0 aromatic heterocycles. The zero-order valence-electron chi connectivity index (χ0n) is 10.8. The summed E-state index contributed by atoms with van der Waals surface area (Å²) in [6.45, 7) is -0.335. The lowest BCUT2D eigenvalue weighted by Gasteiger charge is -2.11. The third kappa shape index (κ3) is 3.68. The molecule has 0 radical (unpaired) electrons. The van der Waals surface area contributed by atoms with Crippen LogP contribution in [0.3, 0.4) is 0 Å². The number of halogens is 2. The minimum absolute atomic E-state index is 0.0594. The second kappa shape index (κ2) is 6.51. The summed E-state index contributed by atoms with van der Waals surface area (Å²) in [6, 6.07) is 7.83. The monoisotopic (exact) mass is 311 g/mol. The molecule has 0 aliphatic carbocycles. The second-order valence-corrected chi connectivity index (χ2v) is 4.64. The molecule has 0 saturated heterocycles. The first kappa shape index (κ1) is 15.2. The quantitative estimate of drug-likeness (QED) is 0.678. The van der Waals surface area contributed by atoms with Crippen LogP contribution in [0.15, 0.2) is 36.4 Å². The molecule has 0 unspecified atom stereocenters. The average molecular weight is 312 g/mol. The van der Waals surface area contributed by atoms with Gasteiger partial charge in [0.25, 0.3) is 5.69 Å². The number of rotatable bonds is 5. The van der Waals surface area contributed by atoms with Crippen molar-refractivity contribution in [3.05, 3.63) is 68.5 Å². The highest BCUT2D eigenvalue weighted by Crippen LogP contribution is 2.26. The molecule has 2 aromatic carbocycles. The van der Waals surface area contributed by atoms with Gasteiger partial charge in [0, 0.05) is 23.3 Å². The van der Waals surface area contributed by atoms with Gasteiger partial charge in [0.05, 0.1) is 16.6 Å². The predicted molar refractivity (Wildman–Crippen MR) is 74.8 cm³/mol. The summed E-state index contributed by atoms with van der Waals surface area (Å²) in [4.78, 5) is 10.1. The number of aliphatic hydroxyl groups is 1. The fourth-order valence-corrected chi connectivity index (χ4v) is 1.96. The largest absolute Gasteiger partial charge is 0.488 e. The van der Waals surface area contributed by atoms with Gasteiger partial charge in [-0.05, 0) is 18.2 Å². The van der Waals surface area contributed by atoms with Gasteiger partial charge in [-0.1, -0.05) is 17.7 Å². The van der Waals surface area contributed by atoms with E-state index in [0.717, 1.165) is 0 Å². The Morgan fingerprint density at radius 2 is 2.00 bits per heavy atom. The van der Waals surface area contributed by atoms with Crippen molar-refractivity contribution < 1.29 is 19.2 Å². The van der Waals surface area contributed by atoms with Gasteiger partial charge in [-0.15, -0.1) is 0 Å². The summed E-state index contributed by atoms with van der Waals surface area (Å²) in [6.07, 6.45) is 0. The van der Waals surface area contributed by atoms with E-state index in [0.29, 0.717) is 16.9 Å². The first-order chi connectivity index (χ1) is 10.0. The fourth-order valence-electron chi connectivity index (χ4n) is 1.74. The lowest BCUT2D eigenvalue weighted by molar-refractivity contribution is -0.385. The lowest BCUT2D eigenvalue weighted by Crippen LogP contribution is -2.00. The Morgan fingerprint density at radius 3 is 2.62 bits per heavy atom. The number of nitro benzene ring substituents is 1. The maximum atomic E-state index is 12.9. The molecular formula is C14H11ClFNO4. The summed E-state index contributed by atoms with van der Waals surface area (Å²) in [5.41, 5.74) is 0.731. The zero-order chi connectivity index (χ0) is 15.4. The number of hydrogen-bond acceptors (Lipinski definition) is 4. The van der Waals surface area contributed by atoms with Crippen molar-refractivity contribution in [3.8, 4) is 5.75 Å². The van der Waals surface area contributed by atoms with Crippen molar-refractivity contribution in [2.24, 2.45) is 0 Å². The molecule has 0 spiro atoms. The van der Waals surface area contributed by atoms with Crippen molar-refractivity contribution in [2.75, 3.05) is 0 Å². The summed E-state index contributed by atoms with van der Waals surface area (Å²) < 4.78 is 18.4. The number of hydrogen-bond donors (Lipinski definition) is 1. The molecule has 0 atom stereocenters. The summed E-state index contributed by atoms with van der Waals surface area (Å²) in [7, 11) is 0.